The van der Waals surface area contributed by atoms with Gasteiger partial charge >= 0.3 is 0 Å². The number of benzene rings is 2. The van der Waals surface area contributed by atoms with Gasteiger partial charge in [-0.1, -0.05) is 0 Å². The van der Waals surface area contributed by atoms with E-state index in [9.17, 15) is 9.59 Å². The Morgan fingerprint density at radius 3 is 2.39 bits per heavy atom. The highest BCUT2D eigenvalue weighted by atomic mass is 16.6. The maximum Gasteiger partial charge on any atom is 0.279 e. The van der Waals surface area contributed by atoms with Crippen molar-refractivity contribution in [2.24, 2.45) is 0 Å². The summed E-state index contributed by atoms with van der Waals surface area (Å²) < 4.78 is 21.8. The van der Waals surface area contributed by atoms with Crippen LogP contribution in [0.25, 0.3) is 0 Å². The molecule has 2 aromatic carbocycles. The van der Waals surface area contributed by atoms with Crippen molar-refractivity contribution in [2.75, 3.05) is 19.8 Å². The van der Waals surface area contributed by atoms with Gasteiger partial charge in [-0.15, -0.1) is 0 Å². The molecular weight excluding hydrogens is 364 g/mol. The zero-order chi connectivity index (χ0) is 19.9. The van der Waals surface area contributed by atoms with Crippen LogP contribution in [0.4, 0.5) is 0 Å². The molecule has 8 heteroatoms. The van der Waals surface area contributed by atoms with Crippen LogP contribution < -0.4 is 29.8 Å². The lowest BCUT2D eigenvalue weighted by atomic mass is 10.2. The monoisotopic (exact) mass is 386 g/mol. The number of carbonyl (C=O) groups is 2. The van der Waals surface area contributed by atoms with E-state index in [2.05, 4.69) is 10.9 Å². The maximum absolute atomic E-state index is 12.2. The summed E-state index contributed by atoms with van der Waals surface area (Å²) in [4.78, 5) is 24.4. The molecule has 148 valence electrons. The van der Waals surface area contributed by atoms with Gasteiger partial charge in [0.15, 0.2) is 17.6 Å². The molecule has 1 atom stereocenters. The van der Waals surface area contributed by atoms with Crippen molar-refractivity contribution in [3.63, 3.8) is 0 Å². The molecule has 1 aliphatic heterocycles. The Kier molecular flexibility index (Phi) is 6.21. The number of fused-ring (bicyclic) bond motifs is 1. The first-order chi connectivity index (χ1) is 13.6. The second-order valence-corrected chi connectivity index (χ2v) is 5.97. The van der Waals surface area contributed by atoms with Crippen LogP contribution in [0.3, 0.4) is 0 Å². The Labute approximate surface area is 162 Å². The molecular formula is C20H22N2O6. The number of carbonyl (C=O) groups excluding carboxylic acids is 2. The highest BCUT2D eigenvalue weighted by molar-refractivity contribution is 5.96. The average Bonchev–Trinajstić information content (AvgIpc) is 2.73. The molecule has 3 rings (SSSR count). The molecule has 0 saturated carbocycles. The van der Waals surface area contributed by atoms with Gasteiger partial charge in [0.05, 0.1) is 6.61 Å². The van der Waals surface area contributed by atoms with Crippen LogP contribution in [0.5, 0.6) is 23.0 Å². The number of ether oxygens (including phenoxy) is 4. The molecule has 0 aromatic heterocycles. The molecule has 0 fully saturated rings. The van der Waals surface area contributed by atoms with Crippen LogP contribution in [-0.4, -0.2) is 37.7 Å². The number of rotatable bonds is 6. The summed E-state index contributed by atoms with van der Waals surface area (Å²) in [5, 5.41) is 0. The third-order valence-electron chi connectivity index (χ3n) is 3.92. The Morgan fingerprint density at radius 2 is 1.68 bits per heavy atom. The van der Waals surface area contributed by atoms with Crippen molar-refractivity contribution in [1.82, 2.24) is 10.9 Å². The highest BCUT2D eigenvalue weighted by Gasteiger charge is 2.18. The van der Waals surface area contributed by atoms with Crippen LogP contribution in [0.2, 0.25) is 0 Å². The first kappa shape index (κ1) is 19.3. The zero-order valence-electron chi connectivity index (χ0n) is 15.7. The van der Waals surface area contributed by atoms with Crippen molar-refractivity contribution in [3.8, 4) is 23.0 Å². The number of hydrogen-bond donors (Lipinski definition) is 2. The van der Waals surface area contributed by atoms with E-state index < -0.39 is 17.9 Å². The van der Waals surface area contributed by atoms with Crippen LogP contribution in [0.15, 0.2) is 42.5 Å². The minimum atomic E-state index is -0.807. The van der Waals surface area contributed by atoms with E-state index in [0.717, 1.165) is 5.75 Å². The van der Waals surface area contributed by atoms with Crippen molar-refractivity contribution in [3.05, 3.63) is 48.0 Å². The number of hydrogen-bond acceptors (Lipinski definition) is 6. The maximum atomic E-state index is 12.2. The fraction of sp³-hybridized carbons (Fsp3) is 0.300. The molecule has 0 bridgehead atoms. The molecule has 1 heterocycles. The quantitative estimate of drug-likeness (QED) is 0.738. The molecule has 28 heavy (non-hydrogen) atoms. The van der Waals surface area contributed by atoms with E-state index in [4.69, 9.17) is 18.9 Å². The van der Waals surface area contributed by atoms with Crippen molar-refractivity contribution >= 4 is 11.8 Å². The summed E-state index contributed by atoms with van der Waals surface area (Å²) in [6.07, 6.45) is -0.807. The molecule has 0 saturated heterocycles. The summed E-state index contributed by atoms with van der Waals surface area (Å²) in [6, 6.07) is 11.7. The summed E-state index contributed by atoms with van der Waals surface area (Å²) in [7, 11) is 0. The van der Waals surface area contributed by atoms with Crippen LogP contribution in [0.1, 0.15) is 24.2 Å². The predicted molar refractivity (Wildman–Crippen MR) is 101 cm³/mol. The van der Waals surface area contributed by atoms with Gasteiger partial charge < -0.3 is 18.9 Å². The van der Waals surface area contributed by atoms with Gasteiger partial charge in [0.25, 0.3) is 11.8 Å². The highest BCUT2D eigenvalue weighted by Crippen LogP contribution is 2.30. The predicted octanol–water partition coefficient (Wildman–Crippen LogP) is 2.08. The standard InChI is InChI=1S/C20H22N2O6/c1-3-25-15-5-7-16(8-6-15)28-13(2)19(23)21-22-20(24)14-4-9-17-18(12-14)27-11-10-26-17/h4-9,12-13H,3,10-11H2,1-2H3,(H,21,23)(H,22,24)/t13-/m0/s1. The van der Waals surface area contributed by atoms with Crippen LogP contribution in [0, 0.1) is 0 Å². The van der Waals surface area contributed by atoms with Gasteiger partial charge in [-0.25, -0.2) is 0 Å². The van der Waals surface area contributed by atoms with E-state index in [-0.39, 0.29) is 0 Å². The lowest BCUT2D eigenvalue weighted by molar-refractivity contribution is -0.128. The van der Waals surface area contributed by atoms with E-state index in [1.165, 1.54) is 0 Å². The van der Waals surface area contributed by atoms with Gasteiger partial charge in [-0.05, 0) is 56.3 Å². The van der Waals surface area contributed by atoms with Crippen LogP contribution >= 0.6 is 0 Å². The van der Waals surface area contributed by atoms with Crippen LogP contribution in [-0.2, 0) is 4.79 Å². The normalized spacial score (nSPS) is 13.2. The lowest BCUT2D eigenvalue weighted by Crippen LogP contribution is -2.47. The van der Waals surface area contributed by atoms with Crippen molar-refractivity contribution in [1.29, 1.82) is 0 Å². The van der Waals surface area contributed by atoms with Gasteiger partial charge in [-0.2, -0.15) is 0 Å². The minimum absolute atomic E-state index is 0.338. The number of nitrogens with one attached hydrogen (secondary N) is 2. The molecule has 2 amide bonds. The summed E-state index contributed by atoms with van der Waals surface area (Å²) in [5.41, 5.74) is 5.05. The van der Waals surface area contributed by atoms with E-state index in [1.54, 1.807) is 49.4 Å². The first-order valence-electron chi connectivity index (χ1n) is 8.96. The van der Waals surface area contributed by atoms with E-state index in [0.29, 0.717) is 42.6 Å². The second kappa shape index (κ2) is 8.98. The third kappa shape index (κ3) is 4.85. The zero-order valence-corrected chi connectivity index (χ0v) is 15.7. The molecule has 0 unspecified atom stereocenters. The molecule has 0 radical (unpaired) electrons. The Hall–Kier alpha value is -3.42. The lowest BCUT2D eigenvalue weighted by Gasteiger charge is -2.19. The number of amides is 2. The van der Waals surface area contributed by atoms with E-state index >= 15 is 0 Å². The van der Waals surface area contributed by atoms with Crippen molar-refractivity contribution in [2.45, 2.75) is 20.0 Å². The van der Waals surface area contributed by atoms with Gasteiger partial charge in [-0.3, -0.25) is 20.4 Å². The fourth-order valence-electron chi connectivity index (χ4n) is 2.52. The van der Waals surface area contributed by atoms with Crippen molar-refractivity contribution < 1.29 is 28.5 Å². The summed E-state index contributed by atoms with van der Waals surface area (Å²) in [6.45, 7) is 4.95. The molecule has 0 aliphatic carbocycles. The molecule has 8 nitrogen and oxygen atoms in total. The molecule has 0 spiro atoms. The summed E-state index contributed by atoms with van der Waals surface area (Å²) in [5.74, 6) is 1.36. The largest absolute Gasteiger partial charge is 0.494 e. The topological polar surface area (TPSA) is 95.1 Å². The Balaban J connectivity index is 1.50. The summed E-state index contributed by atoms with van der Waals surface area (Å²) >= 11 is 0. The van der Waals surface area contributed by atoms with E-state index in [1.807, 2.05) is 6.92 Å². The minimum Gasteiger partial charge on any atom is -0.494 e. The SMILES string of the molecule is CCOc1ccc(O[C@@H](C)C(=O)NNC(=O)c2ccc3c(c2)OCCO3)cc1. The smallest absolute Gasteiger partial charge is 0.279 e. The third-order valence-corrected chi connectivity index (χ3v) is 3.92. The number of hydrazine groups is 1. The molecule has 2 aromatic rings. The molecule has 2 N–H and O–H groups in total. The van der Waals surface area contributed by atoms with Gasteiger partial charge in [0, 0.05) is 5.56 Å². The second-order valence-electron chi connectivity index (χ2n) is 5.97. The fourth-order valence-corrected chi connectivity index (χ4v) is 2.52. The first-order valence-corrected chi connectivity index (χ1v) is 8.96. The van der Waals surface area contributed by atoms with Gasteiger partial charge in [0.1, 0.15) is 24.7 Å². The molecule has 1 aliphatic rings. The Bertz CT molecular complexity index is 837. The Morgan fingerprint density at radius 1 is 1.00 bits per heavy atom. The van der Waals surface area contributed by atoms with Gasteiger partial charge in [0.2, 0.25) is 0 Å². The average molecular weight is 386 g/mol.